The van der Waals surface area contributed by atoms with Gasteiger partial charge in [-0.3, -0.25) is 9.69 Å². The van der Waals surface area contributed by atoms with Crippen LogP contribution in [-0.4, -0.2) is 36.0 Å². The molecule has 0 aromatic carbocycles. The lowest BCUT2D eigenvalue weighted by molar-refractivity contribution is -0.121. The monoisotopic (exact) mass is 252 g/mol. The van der Waals surface area contributed by atoms with Crippen LogP contribution in [0.3, 0.4) is 0 Å². The van der Waals surface area contributed by atoms with Gasteiger partial charge in [0, 0.05) is 38.6 Å². The summed E-state index contributed by atoms with van der Waals surface area (Å²) in [6.45, 7) is 1.21. The molecule has 1 aromatic heterocycles. The number of rotatable bonds is 5. The Labute approximate surface area is 107 Å². The van der Waals surface area contributed by atoms with E-state index < -0.39 is 0 Å². The Balaban J connectivity index is 1.85. The first-order valence-electron chi connectivity index (χ1n) is 6.34. The number of ether oxygens (including phenoxy) is 1. The van der Waals surface area contributed by atoms with Crippen LogP contribution >= 0.6 is 0 Å². The van der Waals surface area contributed by atoms with Gasteiger partial charge in [0.1, 0.15) is 12.4 Å². The molecular weight excluding hydrogens is 232 g/mol. The number of carbonyl (C=O) groups is 1. The molecule has 0 amide bonds. The molecule has 1 fully saturated rings. The lowest BCUT2D eigenvalue weighted by Crippen LogP contribution is -2.34. The van der Waals surface area contributed by atoms with Gasteiger partial charge in [-0.05, 0) is 19.9 Å². The van der Waals surface area contributed by atoms with Crippen molar-refractivity contribution >= 4 is 5.78 Å². The van der Waals surface area contributed by atoms with Crippen molar-refractivity contribution in [1.29, 1.82) is 0 Å². The fraction of sp³-hybridized carbons (Fsp3) is 0.692. The van der Waals surface area contributed by atoms with E-state index in [1.165, 1.54) is 0 Å². The van der Waals surface area contributed by atoms with Gasteiger partial charge >= 0.3 is 0 Å². The molecule has 1 aromatic rings. The molecule has 0 atom stereocenters. The smallest absolute Gasteiger partial charge is 0.162 e. The summed E-state index contributed by atoms with van der Waals surface area (Å²) in [6, 6.07) is 2.40. The Morgan fingerprint density at radius 3 is 2.89 bits per heavy atom. The van der Waals surface area contributed by atoms with Crippen molar-refractivity contribution < 1.29 is 14.1 Å². The number of Topliss-reactive ketones (excluding diaryl/α,β-unsaturated/α-hetero) is 1. The summed E-state index contributed by atoms with van der Waals surface area (Å²) in [4.78, 5) is 13.5. The van der Waals surface area contributed by atoms with Crippen LogP contribution in [-0.2, 0) is 22.7 Å². The minimum Gasteiger partial charge on any atom is -0.377 e. The Morgan fingerprint density at radius 2 is 2.22 bits per heavy atom. The first-order chi connectivity index (χ1) is 8.69. The second kappa shape index (κ2) is 6.11. The summed E-state index contributed by atoms with van der Waals surface area (Å²) in [5, 5.41) is 4.02. The molecule has 1 aliphatic carbocycles. The van der Waals surface area contributed by atoms with Crippen molar-refractivity contribution in [2.24, 2.45) is 0 Å². The minimum absolute atomic E-state index is 0.392. The molecule has 0 radical (unpaired) electrons. The zero-order chi connectivity index (χ0) is 13.0. The van der Waals surface area contributed by atoms with E-state index in [4.69, 9.17) is 9.26 Å². The highest BCUT2D eigenvalue weighted by atomic mass is 16.5. The van der Waals surface area contributed by atoms with E-state index in [2.05, 4.69) is 17.1 Å². The number of ketones is 1. The second-order valence-electron chi connectivity index (χ2n) is 4.90. The third kappa shape index (κ3) is 3.40. The summed E-state index contributed by atoms with van der Waals surface area (Å²) < 4.78 is 10.1. The van der Waals surface area contributed by atoms with E-state index >= 15 is 0 Å². The van der Waals surface area contributed by atoms with Crippen molar-refractivity contribution in [2.75, 3.05) is 14.2 Å². The molecule has 5 nitrogen and oxygen atoms in total. The molecule has 18 heavy (non-hydrogen) atoms. The lowest BCUT2D eigenvalue weighted by Gasteiger charge is -2.29. The molecule has 0 aliphatic heterocycles. The minimum atomic E-state index is 0.392. The van der Waals surface area contributed by atoms with Crippen LogP contribution in [0, 0.1) is 0 Å². The van der Waals surface area contributed by atoms with Crippen LogP contribution in [0.4, 0.5) is 0 Å². The highest BCUT2D eigenvalue weighted by Gasteiger charge is 2.22. The molecule has 0 saturated heterocycles. The SMILES string of the molecule is COCc1cc(CN(C)C2CCC(=O)CC2)no1. The molecule has 1 saturated carbocycles. The van der Waals surface area contributed by atoms with Crippen LogP contribution in [0.1, 0.15) is 37.1 Å². The van der Waals surface area contributed by atoms with E-state index in [9.17, 15) is 4.79 Å². The van der Waals surface area contributed by atoms with Crippen LogP contribution in [0.2, 0.25) is 0 Å². The number of carbonyl (C=O) groups excluding carboxylic acids is 1. The van der Waals surface area contributed by atoms with Gasteiger partial charge in [0.2, 0.25) is 0 Å². The quantitative estimate of drug-likeness (QED) is 0.799. The third-order valence-corrected chi connectivity index (χ3v) is 3.44. The van der Waals surface area contributed by atoms with E-state index in [-0.39, 0.29) is 0 Å². The van der Waals surface area contributed by atoms with Crippen molar-refractivity contribution in [1.82, 2.24) is 10.1 Å². The van der Waals surface area contributed by atoms with Gasteiger partial charge < -0.3 is 9.26 Å². The standard InChI is InChI=1S/C13H20N2O3/c1-15(11-3-5-12(16)6-4-11)8-10-7-13(9-17-2)18-14-10/h7,11H,3-6,8-9H2,1-2H3. The Hall–Kier alpha value is -1.20. The Bertz CT molecular complexity index is 393. The van der Waals surface area contributed by atoms with Crippen molar-refractivity contribution in [3.8, 4) is 0 Å². The average molecular weight is 252 g/mol. The van der Waals surface area contributed by atoms with Gasteiger partial charge in [0.25, 0.3) is 0 Å². The highest BCUT2D eigenvalue weighted by molar-refractivity contribution is 5.79. The van der Waals surface area contributed by atoms with E-state index in [1.807, 2.05) is 6.07 Å². The number of nitrogens with zero attached hydrogens (tertiary/aromatic N) is 2. The normalized spacial score (nSPS) is 17.6. The maximum Gasteiger partial charge on any atom is 0.162 e. The van der Waals surface area contributed by atoms with Crippen LogP contribution < -0.4 is 0 Å². The van der Waals surface area contributed by atoms with Gasteiger partial charge in [0.05, 0.1) is 5.69 Å². The van der Waals surface area contributed by atoms with Gasteiger partial charge in [-0.25, -0.2) is 0 Å². The highest BCUT2D eigenvalue weighted by Crippen LogP contribution is 2.21. The molecule has 0 N–H and O–H groups in total. The van der Waals surface area contributed by atoms with Crippen LogP contribution in [0.15, 0.2) is 10.6 Å². The fourth-order valence-electron chi connectivity index (χ4n) is 2.39. The number of methoxy groups -OCH3 is 1. The summed E-state index contributed by atoms with van der Waals surface area (Å²) in [7, 11) is 3.71. The number of hydrogen-bond donors (Lipinski definition) is 0. The van der Waals surface area contributed by atoms with Gasteiger partial charge in [-0.1, -0.05) is 5.16 Å². The zero-order valence-electron chi connectivity index (χ0n) is 11.0. The molecule has 100 valence electrons. The maximum atomic E-state index is 11.2. The fourth-order valence-corrected chi connectivity index (χ4v) is 2.39. The van der Waals surface area contributed by atoms with Gasteiger partial charge in [-0.2, -0.15) is 0 Å². The molecule has 5 heteroatoms. The maximum absolute atomic E-state index is 11.2. The van der Waals surface area contributed by atoms with Crippen LogP contribution in [0.25, 0.3) is 0 Å². The van der Waals surface area contributed by atoms with Gasteiger partial charge in [-0.15, -0.1) is 0 Å². The molecule has 1 heterocycles. The molecule has 0 bridgehead atoms. The van der Waals surface area contributed by atoms with E-state index in [1.54, 1.807) is 7.11 Å². The summed E-state index contributed by atoms with van der Waals surface area (Å²) >= 11 is 0. The predicted octanol–water partition coefficient (Wildman–Crippen LogP) is 1.76. The molecular formula is C13H20N2O3. The summed E-state index contributed by atoms with van der Waals surface area (Å²) in [5.74, 6) is 1.14. The largest absolute Gasteiger partial charge is 0.377 e. The van der Waals surface area contributed by atoms with Gasteiger partial charge in [0.15, 0.2) is 5.76 Å². The zero-order valence-corrected chi connectivity index (χ0v) is 11.0. The Kier molecular flexibility index (Phi) is 4.49. The van der Waals surface area contributed by atoms with Crippen molar-refractivity contribution in [3.63, 3.8) is 0 Å². The third-order valence-electron chi connectivity index (χ3n) is 3.44. The molecule has 1 aliphatic rings. The average Bonchev–Trinajstić information content (AvgIpc) is 2.78. The second-order valence-corrected chi connectivity index (χ2v) is 4.90. The predicted molar refractivity (Wildman–Crippen MR) is 65.9 cm³/mol. The first-order valence-corrected chi connectivity index (χ1v) is 6.34. The van der Waals surface area contributed by atoms with Crippen molar-refractivity contribution in [2.45, 2.75) is 44.9 Å². The van der Waals surface area contributed by atoms with E-state index in [0.29, 0.717) is 31.3 Å². The molecule has 0 unspecified atom stereocenters. The lowest BCUT2D eigenvalue weighted by atomic mass is 9.93. The number of aromatic nitrogens is 1. The summed E-state index contributed by atoms with van der Waals surface area (Å²) in [5.41, 5.74) is 0.918. The Morgan fingerprint density at radius 1 is 1.50 bits per heavy atom. The topological polar surface area (TPSA) is 55.6 Å². The molecule has 2 rings (SSSR count). The van der Waals surface area contributed by atoms with Crippen LogP contribution in [0.5, 0.6) is 0 Å². The first kappa shape index (κ1) is 13.2. The number of hydrogen-bond acceptors (Lipinski definition) is 5. The van der Waals surface area contributed by atoms with Crippen molar-refractivity contribution in [3.05, 3.63) is 17.5 Å². The van der Waals surface area contributed by atoms with E-state index in [0.717, 1.165) is 30.8 Å². The molecule has 0 spiro atoms. The summed E-state index contributed by atoms with van der Waals surface area (Å²) in [6.07, 6.45) is 3.34.